The molecule has 0 radical (unpaired) electrons. The average molecular weight is 235 g/mol. The maximum atomic E-state index is 3.41. The minimum atomic E-state index is 0.882. The second-order valence-electron chi connectivity index (χ2n) is 2.31. The van der Waals surface area contributed by atoms with Gasteiger partial charge in [0, 0.05) is 16.9 Å². The molecule has 0 bridgehead atoms. The molecule has 4 heteroatoms. The molecule has 0 aliphatic rings. The Bertz CT molecular complexity index is 224. The first-order chi connectivity index (χ1) is 5.24. The zero-order valence-corrected chi connectivity index (χ0v) is 9.00. The van der Waals surface area contributed by atoms with E-state index in [0.29, 0.717) is 0 Å². The summed E-state index contributed by atoms with van der Waals surface area (Å²) in [6.45, 7) is 0.882. The van der Waals surface area contributed by atoms with Crippen LogP contribution in [-0.2, 0) is 0 Å². The van der Waals surface area contributed by atoms with Gasteiger partial charge in [-0.25, -0.2) is 0 Å². The lowest BCUT2D eigenvalue weighted by molar-refractivity contribution is 0.781. The molecule has 0 aromatic carbocycles. The second-order valence-corrected chi connectivity index (χ2v) is 4.12. The number of thiophene rings is 1. The molecule has 0 fully saturated rings. The molecule has 11 heavy (non-hydrogen) atoms. The van der Waals surface area contributed by atoms with E-state index in [0.717, 1.165) is 11.1 Å². The van der Waals surface area contributed by atoms with Crippen LogP contribution in [0.2, 0.25) is 0 Å². The highest BCUT2D eigenvalue weighted by molar-refractivity contribution is 9.10. The minimum Gasteiger partial charge on any atom is -0.354 e. The summed E-state index contributed by atoms with van der Waals surface area (Å²) in [5.74, 6) is 0. The van der Waals surface area contributed by atoms with Gasteiger partial charge >= 0.3 is 0 Å². The van der Waals surface area contributed by atoms with Crippen LogP contribution in [0.4, 0.5) is 5.00 Å². The molecule has 1 aromatic rings. The van der Waals surface area contributed by atoms with E-state index >= 15 is 0 Å². The van der Waals surface area contributed by atoms with Gasteiger partial charge in [-0.3, -0.25) is 0 Å². The third-order valence-corrected chi connectivity index (χ3v) is 3.13. The number of rotatable bonds is 3. The summed E-state index contributed by atoms with van der Waals surface area (Å²) < 4.78 is 1.15. The predicted molar refractivity (Wildman–Crippen MR) is 54.3 cm³/mol. The average Bonchev–Trinajstić information content (AvgIpc) is 2.36. The molecule has 0 atom stereocenters. The smallest absolute Gasteiger partial charge is 0.0927 e. The van der Waals surface area contributed by atoms with Crippen LogP contribution in [0.3, 0.4) is 0 Å². The highest BCUT2D eigenvalue weighted by Crippen LogP contribution is 2.26. The van der Waals surface area contributed by atoms with Crippen molar-refractivity contribution in [3.8, 4) is 0 Å². The van der Waals surface area contributed by atoms with Gasteiger partial charge in [0.2, 0.25) is 0 Å². The Balaban J connectivity index is 2.60. The highest BCUT2D eigenvalue weighted by Gasteiger charge is 2.00. The molecule has 0 aliphatic heterocycles. The highest BCUT2D eigenvalue weighted by atomic mass is 79.9. The molecule has 1 aromatic heterocycles. The Kier molecular flexibility index (Phi) is 3.36. The fraction of sp³-hybridized carbons (Fsp3) is 0.429. The Morgan fingerprint density at radius 2 is 2.45 bits per heavy atom. The van der Waals surface area contributed by atoms with E-state index in [9.17, 15) is 0 Å². The first kappa shape index (κ1) is 9.03. The van der Waals surface area contributed by atoms with Crippen LogP contribution in [0.1, 0.15) is 0 Å². The minimum absolute atomic E-state index is 0.882. The SMILES string of the molecule is CNCN(C)c1cc(Br)cs1. The molecular weight excluding hydrogens is 224 g/mol. The van der Waals surface area contributed by atoms with E-state index in [1.165, 1.54) is 5.00 Å². The molecule has 62 valence electrons. The van der Waals surface area contributed by atoms with Crippen molar-refractivity contribution in [2.75, 3.05) is 25.7 Å². The quantitative estimate of drug-likeness (QED) is 0.807. The zero-order chi connectivity index (χ0) is 8.27. The van der Waals surface area contributed by atoms with Crippen molar-refractivity contribution in [3.05, 3.63) is 15.9 Å². The van der Waals surface area contributed by atoms with Crippen LogP contribution < -0.4 is 10.2 Å². The molecule has 2 nitrogen and oxygen atoms in total. The Morgan fingerprint density at radius 3 is 2.91 bits per heavy atom. The summed E-state index contributed by atoms with van der Waals surface area (Å²) >= 11 is 5.15. The number of nitrogens with zero attached hydrogens (tertiary/aromatic N) is 1. The fourth-order valence-electron chi connectivity index (χ4n) is 0.818. The molecule has 0 saturated carbocycles. The van der Waals surface area contributed by atoms with Crippen molar-refractivity contribution in [2.24, 2.45) is 0 Å². The van der Waals surface area contributed by atoms with Gasteiger partial charge in [-0.2, -0.15) is 0 Å². The molecule has 0 spiro atoms. The summed E-state index contributed by atoms with van der Waals surface area (Å²) in [4.78, 5) is 2.16. The van der Waals surface area contributed by atoms with Crippen LogP contribution in [0.5, 0.6) is 0 Å². The first-order valence-electron chi connectivity index (χ1n) is 3.34. The molecule has 1 rings (SSSR count). The molecule has 0 aliphatic carbocycles. The first-order valence-corrected chi connectivity index (χ1v) is 5.01. The largest absolute Gasteiger partial charge is 0.354 e. The Hall–Kier alpha value is -0.0600. The summed E-state index contributed by atoms with van der Waals surface area (Å²) in [5, 5.41) is 6.45. The van der Waals surface area contributed by atoms with E-state index in [1.54, 1.807) is 11.3 Å². The number of hydrogen-bond donors (Lipinski definition) is 1. The van der Waals surface area contributed by atoms with Crippen LogP contribution >= 0.6 is 27.3 Å². The molecule has 0 saturated heterocycles. The van der Waals surface area contributed by atoms with Crippen molar-refractivity contribution in [1.82, 2.24) is 5.32 Å². The van der Waals surface area contributed by atoms with E-state index in [4.69, 9.17) is 0 Å². The molecule has 0 amide bonds. The van der Waals surface area contributed by atoms with Gasteiger partial charge in [-0.15, -0.1) is 11.3 Å². The summed E-state index contributed by atoms with van der Waals surface area (Å²) in [6.07, 6.45) is 0. The topological polar surface area (TPSA) is 15.3 Å². The number of hydrogen-bond acceptors (Lipinski definition) is 3. The second kappa shape index (κ2) is 4.09. The lowest BCUT2D eigenvalue weighted by Gasteiger charge is -2.15. The van der Waals surface area contributed by atoms with Gasteiger partial charge in [-0.1, -0.05) is 0 Å². The molecule has 1 heterocycles. The van der Waals surface area contributed by atoms with Gasteiger partial charge < -0.3 is 10.2 Å². The van der Waals surface area contributed by atoms with E-state index < -0.39 is 0 Å². The lowest BCUT2D eigenvalue weighted by atomic mass is 10.6. The third-order valence-electron chi connectivity index (χ3n) is 1.33. The molecule has 1 N–H and O–H groups in total. The number of nitrogens with one attached hydrogen (secondary N) is 1. The van der Waals surface area contributed by atoms with Crippen molar-refractivity contribution in [1.29, 1.82) is 0 Å². The number of anilines is 1. The van der Waals surface area contributed by atoms with Gasteiger partial charge in [-0.05, 0) is 29.0 Å². The van der Waals surface area contributed by atoms with Gasteiger partial charge in [0.25, 0.3) is 0 Å². The number of halogens is 1. The van der Waals surface area contributed by atoms with Crippen LogP contribution in [0.15, 0.2) is 15.9 Å². The zero-order valence-electron chi connectivity index (χ0n) is 6.60. The Morgan fingerprint density at radius 1 is 1.73 bits per heavy atom. The van der Waals surface area contributed by atoms with Crippen molar-refractivity contribution < 1.29 is 0 Å². The fourth-order valence-corrected chi connectivity index (χ4v) is 2.21. The Labute approximate surface area is 79.3 Å². The van der Waals surface area contributed by atoms with Crippen molar-refractivity contribution in [3.63, 3.8) is 0 Å². The van der Waals surface area contributed by atoms with E-state index in [1.807, 2.05) is 7.05 Å². The normalized spacial score (nSPS) is 10.1. The molecular formula is C7H11BrN2S. The molecule has 0 unspecified atom stereocenters. The summed E-state index contributed by atoms with van der Waals surface area (Å²) in [5.41, 5.74) is 0. The third kappa shape index (κ3) is 2.47. The van der Waals surface area contributed by atoms with Crippen molar-refractivity contribution >= 4 is 32.3 Å². The predicted octanol–water partition coefficient (Wildman–Crippen LogP) is 2.12. The van der Waals surface area contributed by atoms with Gasteiger partial charge in [0.15, 0.2) is 0 Å². The van der Waals surface area contributed by atoms with Gasteiger partial charge in [0.1, 0.15) is 0 Å². The van der Waals surface area contributed by atoms with E-state index in [-0.39, 0.29) is 0 Å². The van der Waals surface area contributed by atoms with E-state index in [2.05, 4.69) is 44.6 Å². The maximum Gasteiger partial charge on any atom is 0.0927 e. The standard InChI is InChI=1S/C7H11BrN2S/c1-9-5-10(2)7-3-6(8)4-11-7/h3-4,9H,5H2,1-2H3. The summed E-state index contributed by atoms with van der Waals surface area (Å²) in [7, 11) is 4.01. The van der Waals surface area contributed by atoms with Crippen molar-refractivity contribution in [2.45, 2.75) is 0 Å². The lowest BCUT2D eigenvalue weighted by Crippen LogP contribution is -2.27. The monoisotopic (exact) mass is 234 g/mol. The maximum absolute atomic E-state index is 3.41. The van der Waals surface area contributed by atoms with Gasteiger partial charge in [0.05, 0.1) is 11.7 Å². The van der Waals surface area contributed by atoms with Crippen LogP contribution in [-0.4, -0.2) is 20.8 Å². The summed E-state index contributed by atoms with van der Waals surface area (Å²) in [6, 6.07) is 2.11. The van der Waals surface area contributed by atoms with Crippen LogP contribution in [0, 0.1) is 0 Å². The van der Waals surface area contributed by atoms with Crippen LogP contribution in [0.25, 0.3) is 0 Å².